The monoisotopic (exact) mass is 303 g/mol. The summed E-state index contributed by atoms with van der Waals surface area (Å²) in [4.78, 5) is 25.3. The molecule has 0 aliphatic heterocycles. The van der Waals surface area contributed by atoms with Gasteiger partial charge in [0.25, 0.3) is 5.91 Å². The molecule has 2 aromatic rings. The fraction of sp³-hybridized carbons (Fsp3) is 0.200. The Morgan fingerprint density at radius 3 is 2.57 bits per heavy atom. The van der Waals surface area contributed by atoms with E-state index in [4.69, 9.17) is 5.73 Å². The van der Waals surface area contributed by atoms with Crippen LogP contribution in [0.2, 0.25) is 0 Å². The Morgan fingerprint density at radius 2 is 1.95 bits per heavy atom. The zero-order valence-corrected chi connectivity index (χ0v) is 12.5. The largest absolute Gasteiger partial charge is 0.366 e. The molecule has 0 atom stereocenters. The summed E-state index contributed by atoms with van der Waals surface area (Å²) in [5.74, 6) is -0.715. The molecule has 0 radical (unpaired) electrons. The summed E-state index contributed by atoms with van der Waals surface area (Å²) in [6.07, 6.45) is 0. The summed E-state index contributed by atoms with van der Waals surface area (Å²) in [6, 6.07) is 11.3. The Balaban J connectivity index is 2.04. The second-order valence-corrected chi connectivity index (χ2v) is 5.34. The van der Waals surface area contributed by atoms with Crippen LogP contribution in [0.3, 0.4) is 0 Å². The minimum absolute atomic E-state index is 0.175. The zero-order chi connectivity index (χ0) is 15.2. The van der Waals surface area contributed by atoms with E-state index in [-0.39, 0.29) is 12.5 Å². The van der Waals surface area contributed by atoms with E-state index in [0.717, 1.165) is 5.69 Å². The van der Waals surface area contributed by atoms with E-state index >= 15 is 0 Å². The summed E-state index contributed by atoms with van der Waals surface area (Å²) >= 11 is 1.29. The SMILES string of the molecule is CCN(CC(=O)Nc1sccc1C(N)=O)c1ccccc1. The van der Waals surface area contributed by atoms with Gasteiger partial charge in [-0.05, 0) is 30.5 Å². The zero-order valence-electron chi connectivity index (χ0n) is 11.7. The second kappa shape index (κ2) is 6.90. The lowest BCUT2D eigenvalue weighted by Crippen LogP contribution is -2.33. The van der Waals surface area contributed by atoms with Gasteiger partial charge in [0.05, 0.1) is 12.1 Å². The number of thiophene rings is 1. The number of amides is 2. The summed E-state index contributed by atoms with van der Waals surface area (Å²) < 4.78 is 0. The normalized spacial score (nSPS) is 10.1. The number of hydrogen-bond donors (Lipinski definition) is 2. The van der Waals surface area contributed by atoms with Crippen LogP contribution >= 0.6 is 11.3 Å². The van der Waals surface area contributed by atoms with Crippen LogP contribution < -0.4 is 16.0 Å². The standard InChI is InChI=1S/C15H17N3O2S/c1-2-18(11-6-4-3-5-7-11)10-13(19)17-15-12(14(16)20)8-9-21-15/h3-9H,2,10H2,1H3,(H2,16,20)(H,17,19). The first-order valence-electron chi connectivity index (χ1n) is 6.59. The predicted molar refractivity (Wildman–Crippen MR) is 85.8 cm³/mol. The molecule has 0 bridgehead atoms. The summed E-state index contributed by atoms with van der Waals surface area (Å²) in [7, 11) is 0. The highest BCUT2D eigenvalue weighted by Gasteiger charge is 2.14. The lowest BCUT2D eigenvalue weighted by Gasteiger charge is -2.22. The fourth-order valence-electron chi connectivity index (χ4n) is 1.96. The molecule has 0 fully saturated rings. The highest BCUT2D eigenvalue weighted by atomic mass is 32.1. The van der Waals surface area contributed by atoms with Crippen molar-refractivity contribution in [2.45, 2.75) is 6.92 Å². The maximum atomic E-state index is 12.1. The molecule has 5 nitrogen and oxygen atoms in total. The third-order valence-electron chi connectivity index (χ3n) is 3.02. The van der Waals surface area contributed by atoms with E-state index in [9.17, 15) is 9.59 Å². The minimum atomic E-state index is -0.540. The van der Waals surface area contributed by atoms with Crippen molar-refractivity contribution in [3.63, 3.8) is 0 Å². The van der Waals surface area contributed by atoms with E-state index in [2.05, 4.69) is 5.32 Å². The Kier molecular flexibility index (Phi) is 4.94. The van der Waals surface area contributed by atoms with E-state index in [1.54, 1.807) is 11.4 Å². The quantitative estimate of drug-likeness (QED) is 0.860. The van der Waals surface area contributed by atoms with Crippen LogP contribution in [0.25, 0.3) is 0 Å². The molecule has 2 rings (SSSR count). The van der Waals surface area contributed by atoms with Crippen LogP contribution in [0.1, 0.15) is 17.3 Å². The number of nitrogens with one attached hydrogen (secondary N) is 1. The molecule has 0 saturated heterocycles. The maximum absolute atomic E-state index is 12.1. The number of para-hydroxylation sites is 1. The van der Waals surface area contributed by atoms with Gasteiger partial charge in [0.1, 0.15) is 5.00 Å². The average molecular weight is 303 g/mol. The van der Waals surface area contributed by atoms with Crippen molar-refractivity contribution in [2.75, 3.05) is 23.3 Å². The number of benzene rings is 1. The van der Waals surface area contributed by atoms with Gasteiger partial charge in [-0.15, -0.1) is 11.3 Å². The predicted octanol–water partition coefficient (Wildman–Crippen LogP) is 2.31. The third kappa shape index (κ3) is 3.82. The van der Waals surface area contributed by atoms with Gasteiger partial charge in [-0.3, -0.25) is 9.59 Å². The molecule has 0 aliphatic carbocycles. The van der Waals surface area contributed by atoms with Crippen molar-refractivity contribution in [2.24, 2.45) is 5.73 Å². The Bertz CT molecular complexity index is 625. The number of hydrogen-bond acceptors (Lipinski definition) is 4. The van der Waals surface area contributed by atoms with Crippen LogP contribution in [-0.2, 0) is 4.79 Å². The molecular formula is C15H17N3O2S. The minimum Gasteiger partial charge on any atom is -0.366 e. The number of rotatable bonds is 6. The van der Waals surface area contributed by atoms with Crippen molar-refractivity contribution in [1.82, 2.24) is 0 Å². The van der Waals surface area contributed by atoms with Crippen LogP contribution in [0.4, 0.5) is 10.7 Å². The van der Waals surface area contributed by atoms with Gasteiger partial charge in [-0.25, -0.2) is 0 Å². The van der Waals surface area contributed by atoms with Crippen LogP contribution in [0.5, 0.6) is 0 Å². The molecule has 6 heteroatoms. The first-order chi connectivity index (χ1) is 10.1. The molecule has 1 heterocycles. The molecule has 110 valence electrons. The van der Waals surface area contributed by atoms with Crippen molar-refractivity contribution in [1.29, 1.82) is 0 Å². The Morgan fingerprint density at radius 1 is 1.24 bits per heavy atom. The van der Waals surface area contributed by atoms with Gasteiger partial charge in [-0.2, -0.15) is 0 Å². The van der Waals surface area contributed by atoms with Crippen LogP contribution in [0.15, 0.2) is 41.8 Å². The van der Waals surface area contributed by atoms with Gasteiger partial charge < -0.3 is 16.0 Å². The summed E-state index contributed by atoms with van der Waals surface area (Å²) in [5.41, 5.74) is 6.59. The van der Waals surface area contributed by atoms with E-state index in [0.29, 0.717) is 17.1 Å². The number of nitrogens with zero attached hydrogens (tertiary/aromatic N) is 1. The van der Waals surface area contributed by atoms with E-state index in [1.807, 2.05) is 42.2 Å². The van der Waals surface area contributed by atoms with Crippen molar-refractivity contribution < 1.29 is 9.59 Å². The summed E-state index contributed by atoms with van der Waals surface area (Å²) in [6.45, 7) is 2.92. The molecular weight excluding hydrogens is 286 g/mol. The van der Waals surface area contributed by atoms with Gasteiger partial charge in [-0.1, -0.05) is 18.2 Å². The molecule has 0 aliphatic rings. The molecule has 0 unspecified atom stereocenters. The number of anilines is 2. The van der Waals surface area contributed by atoms with E-state index in [1.165, 1.54) is 11.3 Å². The number of nitrogens with two attached hydrogens (primary N) is 1. The van der Waals surface area contributed by atoms with Gasteiger partial charge >= 0.3 is 0 Å². The Hall–Kier alpha value is -2.34. The number of carbonyl (C=O) groups excluding carboxylic acids is 2. The Labute approximate surface area is 127 Å². The maximum Gasteiger partial charge on any atom is 0.251 e. The van der Waals surface area contributed by atoms with Crippen LogP contribution in [-0.4, -0.2) is 24.9 Å². The fourth-order valence-corrected chi connectivity index (χ4v) is 2.77. The highest BCUT2D eigenvalue weighted by molar-refractivity contribution is 7.14. The van der Waals surface area contributed by atoms with Crippen LogP contribution in [0, 0.1) is 0 Å². The highest BCUT2D eigenvalue weighted by Crippen LogP contribution is 2.22. The molecule has 1 aromatic heterocycles. The first-order valence-corrected chi connectivity index (χ1v) is 7.47. The molecule has 0 spiro atoms. The second-order valence-electron chi connectivity index (χ2n) is 4.43. The topological polar surface area (TPSA) is 75.4 Å². The lowest BCUT2D eigenvalue weighted by molar-refractivity contribution is -0.114. The molecule has 0 saturated carbocycles. The molecule has 2 amide bonds. The first kappa shape index (κ1) is 15.1. The van der Waals surface area contributed by atoms with E-state index < -0.39 is 5.91 Å². The number of carbonyl (C=O) groups is 2. The van der Waals surface area contributed by atoms with Crippen molar-refractivity contribution in [3.8, 4) is 0 Å². The number of primary amides is 1. The van der Waals surface area contributed by atoms with Crippen molar-refractivity contribution in [3.05, 3.63) is 47.3 Å². The average Bonchev–Trinajstić information content (AvgIpc) is 2.94. The van der Waals surface area contributed by atoms with Gasteiger partial charge in [0, 0.05) is 12.2 Å². The summed E-state index contributed by atoms with van der Waals surface area (Å²) in [5, 5.41) is 4.97. The third-order valence-corrected chi connectivity index (χ3v) is 3.85. The lowest BCUT2D eigenvalue weighted by atomic mass is 10.3. The van der Waals surface area contributed by atoms with Gasteiger partial charge in [0.15, 0.2) is 0 Å². The smallest absolute Gasteiger partial charge is 0.251 e. The molecule has 21 heavy (non-hydrogen) atoms. The number of likely N-dealkylation sites (N-methyl/N-ethyl adjacent to an activating group) is 1. The van der Waals surface area contributed by atoms with Crippen molar-refractivity contribution >= 4 is 33.8 Å². The van der Waals surface area contributed by atoms with Gasteiger partial charge in [0.2, 0.25) is 5.91 Å². The molecule has 3 N–H and O–H groups in total. The molecule has 1 aromatic carbocycles.